The van der Waals surface area contributed by atoms with Crippen molar-refractivity contribution in [2.24, 2.45) is 5.41 Å². The van der Waals surface area contributed by atoms with Crippen molar-refractivity contribution in [1.29, 1.82) is 0 Å². The van der Waals surface area contributed by atoms with Crippen LogP contribution in [0.4, 0.5) is 0 Å². The van der Waals surface area contributed by atoms with E-state index >= 15 is 0 Å². The van der Waals surface area contributed by atoms with Gasteiger partial charge in [0.25, 0.3) is 0 Å². The molecule has 1 heterocycles. The third-order valence-electron chi connectivity index (χ3n) is 4.44. The van der Waals surface area contributed by atoms with Crippen molar-refractivity contribution in [1.82, 2.24) is 5.32 Å². The van der Waals surface area contributed by atoms with Gasteiger partial charge in [-0.15, -0.1) is 0 Å². The molecule has 1 aliphatic heterocycles. The molecule has 1 aliphatic rings. The molecule has 4 heteroatoms. The molecule has 1 fully saturated rings. The van der Waals surface area contributed by atoms with E-state index in [1.807, 2.05) is 18.2 Å². The standard InChI is InChI=1S/C17H27NO3/c1-13(18-12-17(2)7-9-21-10-8-17)15-11-14(19-3)5-6-16(15)20-4/h5-6,11,13,18H,7-10,12H2,1-4H3. The van der Waals surface area contributed by atoms with E-state index in [9.17, 15) is 0 Å². The number of nitrogens with one attached hydrogen (secondary N) is 1. The summed E-state index contributed by atoms with van der Waals surface area (Å²) in [6.07, 6.45) is 2.23. The van der Waals surface area contributed by atoms with Crippen LogP contribution >= 0.6 is 0 Å². The number of hydrogen-bond donors (Lipinski definition) is 1. The molecule has 0 spiro atoms. The molecule has 0 aliphatic carbocycles. The second kappa shape index (κ2) is 7.14. The Balaban J connectivity index is 2.03. The lowest BCUT2D eigenvalue weighted by Gasteiger charge is -2.35. The quantitative estimate of drug-likeness (QED) is 0.874. The van der Waals surface area contributed by atoms with Gasteiger partial charge in [-0.3, -0.25) is 0 Å². The second-order valence-corrected chi connectivity index (χ2v) is 6.13. The van der Waals surface area contributed by atoms with Gasteiger partial charge in [0.05, 0.1) is 14.2 Å². The summed E-state index contributed by atoms with van der Waals surface area (Å²) in [4.78, 5) is 0. The van der Waals surface area contributed by atoms with Gasteiger partial charge in [-0.25, -0.2) is 0 Å². The Kier molecular flexibility index (Phi) is 5.48. The highest BCUT2D eigenvalue weighted by Gasteiger charge is 2.28. The highest BCUT2D eigenvalue weighted by Crippen LogP contribution is 2.32. The summed E-state index contributed by atoms with van der Waals surface area (Å²) in [5, 5.41) is 3.64. The molecule has 1 saturated heterocycles. The van der Waals surface area contributed by atoms with Crippen LogP contribution in [0.5, 0.6) is 11.5 Å². The minimum absolute atomic E-state index is 0.217. The molecular weight excluding hydrogens is 266 g/mol. The summed E-state index contributed by atoms with van der Waals surface area (Å²) in [5.74, 6) is 1.75. The first-order valence-electron chi connectivity index (χ1n) is 7.61. The van der Waals surface area contributed by atoms with E-state index in [1.54, 1.807) is 14.2 Å². The largest absolute Gasteiger partial charge is 0.497 e. The van der Waals surface area contributed by atoms with Crippen molar-refractivity contribution < 1.29 is 14.2 Å². The van der Waals surface area contributed by atoms with E-state index in [-0.39, 0.29) is 6.04 Å². The number of ether oxygens (including phenoxy) is 3. The van der Waals surface area contributed by atoms with Crippen LogP contribution in [0, 0.1) is 5.41 Å². The molecule has 1 unspecified atom stereocenters. The maximum absolute atomic E-state index is 5.47. The van der Waals surface area contributed by atoms with Gasteiger partial charge in [0.2, 0.25) is 0 Å². The molecule has 2 rings (SSSR count). The molecule has 4 nitrogen and oxygen atoms in total. The summed E-state index contributed by atoms with van der Waals surface area (Å²) >= 11 is 0. The van der Waals surface area contributed by atoms with Crippen molar-refractivity contribution in [3.8, 4) is 11.5 Å². The van der Waals surface area contributed by atoms with E-state index in [4.69, 9.17) is 14.2 Å². The zero-order chi connectivity index (χ0) is 15.3. The van der Waals surface area contributed by atoms with E-state index in [0.29, 0.717) is 5.41 Å². The Morgan fingerprint density at radius 2 is 1.95 bits per heavy atom. The van der Waals surface area contributed by atoms with Crippen LogP contribution in [0.15, 0.2) is 18.2 Å². The summed E-state index contributed by atoms with van der Waals surface area (Å²) in [6, 6.07) is 6.15. The molecule has 21 heavy (non-hydrogen) atoms. The first-order valence-corrected chi connectivity index (χ1v) is 7.61. The van der Waals surface area contributed by atoms with Gasteiger partial charge < -0.3 is 19.5 Å². The van der Waals surface area contributed by atoms with Crippen LogP contribution in [0.25, 0.3) is 0 Å². The predicted octanol–water partition coefficient (Wildman–Crippen LogP) is 3.17. The molecule has 118 valence electrons. The average Bonchev–Trinajstić information content (AvgIpc) is 2.52. The summed E-state index contributed by atoms with van der Waals surface area (Å²) in [7, 11) is 3.39. The van der Waals surface area contributed by atoms with Crippen molar-refractivity contribution in [2.45, 2.75) is 32.7 Å². The van der Waals surface area contributed by atoms with Gasteiger partial charge in [0.15, 0.2) is 0 Å². The second-order valence-electron chi connectivity index (χ2n) is 6.13. The smallest absolute Gasteiger partial charge is 0.123 e. The molecule has 0 saturated carbocycles. The zero-order valence-corrected chi connectivity index (χ0v) is 13.6. The van der Waals surface area contributed by atoms with Gasteiger partial charge in [0.1, 0.15) is 11.5 Å². The van der Waals surface area contributed by atoms with Crippen LogP contribution in [0.3, 0.4) is 0 Å². The highest BCUT2D eigenvalue weighted by molar-refractivity contribution is 5.42. The number of rotatable bonds is 6. The van der Waals surface area contributed by atoms with E-state index < -0.39 is 0 Å². The van der Waals surface area contributed by atoms with Crippen LogP contribution in [-0.2, 0) is 4.74 Å². The maximum atomic E-state index is 5.47. The Labute approximate surface area is 127 Å². The predicted molar refractivity (Wildman–Crippen MR) is 84.1 cm³/mol. The third-order valence-corrected chi connectivity index (χ3v) is 4.44. The SMILES string of the molecule is COc1ccc(OC)c(C(C)NCC2(C)CCOCC2)c1. The molecule has 0 aromatic heterocycles. The van der Waals surface area contributed by atoms with E-state index in [2.05, 4.69) is 19.2 Å². The van der Waals surface area contributed by atoms with Crippen molar-refractivity contribution in [2.75, 3.05) is 34.0 Å². The molecule has 0 bridgehead atoms. The maximum Gasteiger partial charge on any atom is 0.123 e. The number of benzene rings is 1. The summed E-state index contributed by atoms with van der Waals surface area (Å²) < 4.78 is 16.2. The lowest BCUT2D eigenvalue weighted by atomic mass is 9.82. The lowest BCUT2D eigenvalue weighted by Crippen LogP contribution is -2.37. The highest BCUT2D eigenvalue weighted by atomic mass is 16.5. The fraction of sp³-hybridized carbons (Fsp3) is 0.647. The van der Waals surface area contributed by atoms with Crippen LogP contribution < -0.4 is 14.8 Å². The minimum Gasteiger partial charge on any atom is -0.497 e. The molecule has 0 radical (unpaired) electrons. The fourth-order valence-electron chi connectivity index (χ4n) is 2.73. The Bertz CT molecular complexity index is 455. The Morgan fingerprint density at radius 1 is 1.24 bits per heavy atom. The van der Waals surface area contributed by atoms with Crippen LogP contribution in [0.2, 0.25) is 0 Å². The van der Waals surface area contributed by atoms with Crippen LogP contribution in [0.1, 0.15) is 38.3 Å². The molecular formula is C17H27NO3. The lowest BCUT2D eigenvalue weighted by molar-refractivity contribution is 0.0230. The summed E-state index contributed by atoms with van der Waals surface area (Å²) in [5.41, 5.74) is 1.45. The fourth-order valence-corrected chi connectivity index (χ4v) is 2.73. The average molecular weight is 293 g/mol. The third kappa shape index (κ3) is 4.11. The first-order chi connectivity index (χ1) is 10.1. The normalized spacial score (nSPS) is 19.0. The van der Waals surface area contributed by atoms with Gasteiger partial charge in [-0.05, 0) is 43.4 Å². The Hall–Kier alpha value is -1.26. The zero-order valence-electron chi connectivity index (χ0n) is 13.6. The summed E-state index contributed by atoms with van der Waals surface area (Å²) in [6.45, 7) is 7.22. The van der Waals surface area contributed by atoms with Crippen LogP contribution in [-0.4, -0.2) is 34.0 Å². The van der Waals surface area contributed by atoms with Crippen molar-refractivity contribution in [3.05, 3.63) is 23.8 Å². The van der Waals surface area contributed by atoms with E-state index in [1.165, 1.54) is 0 Å². The monoisotopic (exact) mass is 293 g/mol. The number of hydrogen-bond acceptors (Lipinski definition) is 4. The van der Waals surface area contributed by atoms with Gasteiger partial charge in [-0.2, -0.15) is 0 Å². The van der Waals surface area contributed by atoms with Gasteiger partial charge in [-0.1, -0.05) is 6.92 Å². The molecule has 1 aromatic rings. The first kappa shape index (κ1) is 16.1. The molecule has 1 atom stereocenters. The van der Waals surface area contributed by atoms with E-state index in [0.717, 1.165) is 49.7 Å². The topological polar surface area (TPSA) is 39.7 Å². The molecule has 1 aromatic carbocycles. The number of methoxy groups -OCH3 is 2. The van der Waals surface area contributed by atoms with Gasteiger partial charge in [0, 0.05) is 31.4 Å². The minimum atomic E-state index is 0.217. The molecule has 1 N–H and O–H groups in total. The Morgan fingerprint density at radius 3 is 2.57 bits per heavy atom. The van der Waals surface area contributed by atoms with Crippen molar-refractivity contribution >= 4 is 0 Å². The molecule has 0 amide bonds. The van der Waals surface area contributed by atoms with Gasteiger partial charge >= 0.3 is 0 Å². The van der Waals surface area contributed by atoms with Crippen molar-refractivity contribution in [3.63, 3.8) is 0 Å².